The van der Waals surface area contributed by atoms with Crippen LogP contribution in [0.2, 0.25) is 0 Å². The Morgan fingerprint density at radius 1 is 1.40 bits per heavy atom. The number of aliphatic hydroxyl groups excluding tert-OH is 1. The van der Waals surface area contributed by atoms with E-state index in [2.05, 4.69) is 10.3 Å². The molecule has 0 spiro atoms. The van der Waals surface area contributed by atoms with Crippen LogP contribution in [0.5, 0.6) is 5.75 Å². The predicted octanol–water partition coefficient (Wildman–Crippen LogP) is 2.98. The van der Waals surface area contributed by atoms with Crippen LogP contribution < -0.4 is 15.8 Å². The molecule has 0 unspecified atom stereocenters. The van der Waals surface area contributed by atoms with Gasteiger partial charge in [0.05, 0.1) is 12.8 Å². The first-order chi connectivity index (χ1) is 12.0. The van der Waals surface area contributed by atoms with E-state index < -0.39 is 0 Å². The van der Waals surface area contributed by atoms with Crippen LogP contribution in [0.1, 0.15) is 20.9 Å². The highest BCUT2D eigenvalue weighted by Gasteiger charge is 2.20. The largest absolute Gasteiger partial charge is 0.497 e. The van der Waals surface area contributed by atoms with Gasteiger partial charge in [-0.3, -0.25) is 4.79 Å². The van der Waals surface area contributed by atoms with Gasteiger partial charge in [0.2, 0.25) is 0 Å². The van der Waals surface area contributed by atoms with E-state index >= 15 is 0 Å². The molecule has 7 heteroatoms. The van der Waals surface area contributed by atoms with Gasteiger partial charge >= 0.3 is 0 Å². The summed E-state index contributed by atoms with van der Waals surface area (Å²) in [6, 6.07) is 9.01. The molecule has 2 heterocycles. The van der Waals surface area contributed by atoms with Crippen LogP contribution >= 0.6 is 11.3 Å². The average molecular weight is 357 g/mol. The van der Waals surface area contributed by atoms with E-state index in [0.717, 1.165) is 16.6 Å². The van der Waals surface area contributed by atoms with Crippen LogP contribution in [0.15, 0.2) is 30.3 Å². The van der Waals surface area contributed by atoms with Gasteiger partial charge in [-0.15, -0.1) is 11.3 Å². The molecule has 0 aliphatic heterocycles. The average Bonchev–Trinajstić information content (AvgIpc) is 2.92. The quantitative estimate of drug-likeness (QED) is 0.652. The molecule has 0 saturated carbocycles. The number of nitrogens with zero attached hydrogens (tertiary/aromatic N) is 1. The standard InChI is InChI=1S/C18H19N3O3S/c1-10-8-11(6-7-22)14-15(19)16(25-18(14)20-10)17(23)21-12-4-3-5-13(9-12)24-2/h3-5,8-9,22H,6-7,19H2,1-2H3,(H,21,23). The third kappa shape index (κ3) is 3.42. The number of ether oxygens (including phenoxy) is 1. The summed E-state index contributed by atoms with van der Waals surface area (Å²) >= 11 is 1.25. The number of thiophene rings is 1. The number of nitrogens with two attached hydrogens (primary N) is 1. The number of fused-ring (bicyclic) bond motifs is 1. The Labute approximate surface area is 149 Å². The number of aryl methyl sites for hydroxylation is 1. The number of nitrogens with one attached hydrogen (secondary N) is 1. The lowest BCUT2D eigenvalue weighted by atomic mass is 10.1. The smallest absolute Gasteiger partial charge is 0.267 e. The Morgan fingerprint density at radius 2 is 2.20 bits per heavy atom. The summed E-state index contributed by atoms with van der Waals surface area (Å²) in [7, 11) is 1.57. The number of aliphatic hydroxyl groups is 1. The van der Waals surface area contributed by atoms with Crippen LogP contribution in [0.25, 0.3) is 10.2 Å². The minimum Gasteiger partial charge on any atom is -0.497 e. The number of nitrogen functional groups attached to an aromatic ring is 1. The number of hydrogen-bond donors (Lipinski definition) is 3. The van der Waals surface area contributed by atoms with Crippen molar-refractivity contribution in [2.45, 2.75) is 13.3 Å². The minimum atomic E-state index is -0.290. The van der Waals surface area contributed by atoms with Crippen molar-refractivity contribution in [3.05, 3.63) is 46.5 Å². The topological polar surface area (TPSA) is 97.5 Å². The van der Waals surface area contributed by atoms with Gasteiger partial charge in [0.1, 0.15) is 15.5 Å². The second-order valence-electron chi connectivity index (χ2n) is 5.61. The molecular formula is C18H19N3O3S. The molecule has 0 atom stereocenters. The van der Waals surface area contributed by atoms with E-state index in [-0.39, 0.29) is 12.5 Å². The predicted molar refractivity (Wildman–Crippen MR) is 101 cm³/mol. The number of hydrogen-bond acceptors (Lipinski definition) is 6. The number of anilines is 2. The minimum absolute atomic E-state index is 0.0131. The second kappa shape index (κ2) is 7.08. The zero-order valence-electron chi connectivity index (χ0n) is 14.0. The van der Waals surface area contributed by atoms with Crippen molar-refractivity contribution in [2.75, 3.05) is 24.8 Å². The Hall–Kier alpha value is -2.64. The van der Waals surface area contributed by atoms with Crippen LogP contribution in [0.3, 0.4) is 0 Å². The van der Waals surface area contributed by atoms with Gasteiger partial charge in [0, 0.05) is 29.4 Å². The zero-order chi connectivity index (χ0) is 18.0. The van der Waals surface area contributed by atoms with Gasteiger partial charge in [-0.2, -0.15) is 0 Å². The molecule has 0 bridgehead atoms. The molecule has 4 N–H and O–H groups in total. The van der Waals surface area contributed by atoms with Crippen LogP contribution in [0.4, 0.5) is 11.4 Å². The van der Waals surface area contributed by atoms with E-state index in [1.165, 1.54) is 11.3 Å². The molecule has 130 valence electrons. The zero-order valence-corrected chi connectivity index (χ0v) is 14.8. The fourth-order valence-electron chi connectivity index (χ4n) is 2.71. The van der Waals surface area contributed by atoms with E-state index in [1.807, 2.05) is 13.0 Å². The lowest BCUT2D eigenvalue weighted by molar-refractivity contribution is 0.103. The van der Waals surface area contributed by atoms with Gasteiger partial charge in [-0.05, 0) is 37.1 Å². The Bertz CT molecular complexity index is 937. The molecule has 25 heavy (non-hydrogen) atoms. The third-order valence-electron chi connectivity index (χ3n) is 3.82. The second-order valence-corrected chi connectivity index (χ2v) is 6.61. The fourth-order valence-corrected chi connectivity index (χ4v) is 3.79. The van der Waals surface area contributed by atoms with Crippen LogP contribution in [0, 0.1) is 6.92 Å². The van der Waals surface area contributed by atoms with Crippen LogP contribution in [-0.2, 0) is 6.42 Å². The first kappa shape index (κ1) is 17.2. The van der Waals surface area contributed by atoms with E-state index in [4.69, 9.17) is 10.5 Å². The summed E-state index contributed by atoms with van der Waals surface area (Å²) < 4.78 is 5.16. The van der Waals surface area contributed by atoms with Crippen molar-refractivity contribution in [3.63, 3.8) is 0 Å². The number of aromatic nitrogens is 1. The molecule has 0 aliphatic rings. The molecule has 3 rings (SSSR count). The first-order valence-corrected chi connectivity index (χ1v) is 8.60. The van der Waals surface area contributed by atoms with Gasteiger partial charge in [0.25, 0.3) is 5.91 Å². The lowest BCUT2D eigenvalue weighted by Gasteiger charge is -2.07. The normalized spacial score (nSPS) is 10.8. The summed E-state index contributed by atoms with van der Waals surface area (Å²) in [5.41, 5.74) is 8.99. The van der Waals surface area contributed by atoms with E-state index in [0.29, 0.717) is 33.3 Å². The summed E-state index contributed by atoms with van der Waals surface area (Å²) in [6.07, 6.45) is 0.470. The third-order valence-corrected chi connectivity index (χ3v) is 4.92. The summed E-state index contributed by atoms with van der Waals surface area (Å²) in [4.78, 5) is 18.3. The molecule has 2 aromatic heterocycles. The van der Waals surface area contributed by atoms with Crippen molar-refractivity contribution in [1.82, 2.24) is 4.98 Å². The Balaban J connectivity index is 1.99. The maximum absolute atomic E-state index is 12.7. The maximum atomic E-state index is 12.7. The molecule has 6 nitrogen and oxygen atoms in total. The Kier molecular flexibility index (Phi) is 4.87. The van der Waals surface area contributed by atoms with Crippen molar-refractivity contribution in [2.24, 2.45) is 0 Å². The summed E-state index contributed by atoms with van der Waals surface area (Å²) in [6.45, 7) is 1.89. The van der Waals surface area contributed by atoms with Gasteiger partial charge in [-0.25, -0.2) is 4.98 Å². The number of pyridine rings is 1. The first-order valence-electron chi connectivity index (χ1n) is 7.78. The molecular weight excluding hydrogens is 338 g/mol. The molecule has 3 aromatic rings. The fraction of sp³-hybridized carbons (Fsp3) is 0.222. The highest BCUT2D eigenvalue weighted by atomic mass is 32.1. The van der Waals surface area contributed by atoms with Crippen molar-refractivity contribution in [3.8, 4) is 5.75 Å². The summed E-state index contributed by atoms with van der Waals surface area (Å²) in [5, 5.41) is 12.9. The van der Waals surface area contributed by atoms with Gasteiger partial charge < -0.3 is 20.9 Å². The number of carbonyl (C=O) groups is 1. The molecule has 0 radical (unpaired) electrons. The Morgan fingerprint density at radius 3 is 2.92 bits per heavy atom. The summed E-state index contributed by atoms with van der Waals surface area (Å²) in [5.74, 6) is 0.367. The number of rotatable bonds is 5. The molecule has 0 aliphatic carbocycles. The highest BCUT2D eigenvalue weighted by Crippen LogP contribution is 2.36. The van der Waals surface area contributed by atoms with E-state index in [1.54, 1.807) is 31.4 Å². The number of methoxy groups -OCH3 is 1. The van der Waals surface area contributed by atoms with Crippen molar-refractivity contribution < 1.29 is 14.6 Å². The number of carbonyl (C=O) groups excluding carboxylic acids is 1. The number of amides is 1. The molecule has 1 amide bonds. The van der Waals surface area contributed by atoms with Gasteiger partial charge in [0.15, 0.2) is 0 Å². The van der Waals surface area contributed by atoms with Crippen molar-refractivity contribution >= 4 is 38.8 Å². The number of benzene rings is 1. The molecule has 1 aromatic carbocycles. The lowest BCUT2D eigenvalue weighted by Crippen LogP contribution is -2.12. The maximum Gasteiger partial charge on any atom is 0.267 e. The SMILES string of the molecule is COc1cccc(NC(=O)c2sc3nc(C)cc(CCO)c3c2N)c1. The van der Waals surface area contributed by atoms with E-state index in [9.17, 15) is 9.90 Å². The molecule has 0 saturated heterocycles. The highest BCUT2D eigenvalue weighted by molar-refractivity contribution is 7.21. The van der Waals surface area contributed by atoms with Crippen molar-refractivity contribution in [1.29, 1.82) is 0 Å². The van der Waals surface area contributed by atoms with Crippen LogP contribution in [-0.4, -0.2) is 29.7 Å². The monoisotopic (exact) mass is 357 g/mol. The molecule has 0 fully saturated rings. The van der Waals surface area contributed by atoms with Gasteiger partial charge in [-0.1, -0.05) is 6.07 Å².